The molecule has 4 heteroatoms. The molecule has 2 heterocycles. The van der Waals surface area contributed by atoms with Gasteiger partial charge in [0, 0.05) is 19.6 Å². The number of amides is 1. The van der Waals surface area contributed by atoms with Gasteiger partial charge in [0.05, 0.1) is 6.04 Å². The molecule has 0 saturated carbocycles. The van der Waals surface area contributed by atoms with Gasteiger partial charge in [-0.3, -0.25) is 0 Å². The van der Waals surface area contributed by atoms with Gasteiger partial charge in [-0.1, -0.05) is 30.3 Å². The fourth-order valence-corrected chi connectivity index (χ4v) is 2.88. The quantitative estimate of drug-likeness (QED) is 0.862. The van der Waals surface area contributed by atoms with Crippen LogP contribution >= 0.6 is 0 Å². The van der Waals surface area contributed by atoms with E-state index in [9.17, 15) is 4.79 Å². The topological polar surface area (TPSA) is 41.6 Å². The van der Waals surface area contributed by atoms with Gasteiger partial charge in [0.2, 0.25) is 0 Å². The lowest BCUT2D eigenvalue weighted by atomic mass is 10.1. The van der Waals surface area contributed by atoms with E-state index in [0.717, 1.165) is 31.6 Å². The van der Waals surface area contributed by atoms with Gasteiger partial charge < -0.3 is 15.0 Å². The van der Waals surface area contributed by atoms with Crippen molar-refractivity contribution in [1.29, 1.82) is 0 Å². The lowest BCUT2D eigenvalue weighted by Gasteiger charge is -2.22. The second-order valence-electron chi connectivity index (χ2n) is 5.01. The number of carbonyl (C=O) groups excluding carboxylic acids is 1. The molecule has 0 spiro atoms. The number of benzene rings is 1. The molecule has 1 amide bonds. The summed E-state index contributed by atoms with van der Waals surface area (Å²) in [5.74, 6) is 0.620. The molecule has 1 aromatic rings. The van der Waals surface area contributed by atoms with Crippen LogP contribution in [0.25, 0.3) is 0 Å². The first-order chi connectivity index (χ1) is 8.84. The Morgan fingerprint density at radius 3 is 3.00 bits per heavy atom. The van der Waals surface area contributed by atoms with Crippen molar-refractivity contribution in [2.75, 3.05) is 19.6 Å². The highest BCUT2D eigenvalue weighted by molar-refractivity contribution is 5.68. The molecule has 96 valence electrons. The van der Waals surface area contributed by atoms with E-state index in [-0.39, 0.29) is 6.09 Å². The standard InChI is InChI=1S/C14H18N2O2/c17-14(18-10-11-4-2-1-3-5-11)16-7-6-12-8-15-9-13(12)16/h1-5,12-13,15H,6-10H2. The van der Waals surface area contributed by atoms with Crippen molar-refractivity contribution in [3.05, 3.63) is 35.9 Å². The van der Waals surface area contributed by atoms with Gasteiger partial charge in [0.15, 0.2) is 0 Å². The molecule has 0 radical (unpaired) electrons. The van der Waals surface area contributed by atoms with Crippen molar-refractivity contribution < 1.29 is 9.53 Å². The molecule has 18 heavy (non-hydrogen) atoms. The minimum atomic E-state index is -0.171. The van der Waals surface area contributed by atoms with Crippen LogP contribution in [0.4, 0.5) is 4.79 Å². The Bertz CT molecular complexity index is 421. The molecule has 2 atom stereocenters. The number of carbonyl (C=O) groups is 1. The first-order valence-electron chi connectivity index (χ1n) is 6.52. The summed E-state index contributed by atoms with van der Waals surface area (Å²) in [5.41, 5.74) is 1.03. The predicted octanol–water partition coefficient (Wildman–Crippen LogP) is 1.62. The van der Waals surface area contributed by atoms with E-state index in [1.54, 1.807) is 0 Å². The van der Waals surface area contributed by atoms with Gasteiger partial charge in [-0.05, 0) is 17.9 Å². The summed E-state index contributed by atoms with van der Waals surface area (Å²) in [6.07, 6.45) is 0.924. The number of nitrogens with zero attached hydrogens (tertiary/aromatic N) is 1. The Kier molecular flexibility index (Phi) is 3.19. The molecule has 0 bridgehead atoms. The molecule has 1 N–H and O–H groups in total. The minimum absolute atomic E-state index is 0.171. The molecule has 2 unspecified atom stereocenters. The summed E-state index contributed by atoms with van der Waals surface area (Å²) < 4.78 is 5.38. The van der Waals surface area contributed by atoms with Gasteiger partial charge in [0.25, 0.3) is 0 Å². The lowest BCUT2D eigenvalue weighted by molar-refractivity contribution is 0.0922. The molecule has 2 aliphatic rings. The molecular formula is C14H18N2O2. The molecule has 0 aromatic heterocycles. The van der Waals surface area contributed by atoms with Gasteiger partial charge >= 0.3 is 6.09 Å². The van der Waals surface area contributed by atoms with E-state index < -0.39 is 0 Å². The van der Waals surface area contributed by atoms with Crippen LogP contribution < -0.4 is 5.32 Å². The fraction of sp³-hybridized carbons (Fsp3) is 0.500. The maximum atomic E-state index is 12.0. The molecular weight excluding hydrogens is 228 g/mol. The zero-order valence-electron chi connectivity index (χ0n) is 10.3. The van der Waals surface area contributed by atoms with Gasteiger partial charge in [-0.15, -0.1) is 0 Å². The summed E-state index contributed by atoms with van der Waals surface area (Å²) in [5, 5.41) is 3.33. The molecule has 2 aliphatic heterocycles. The third kappa shape index (κ3) is 2.20. The van der Waals surface area contributed by atoms with E-state index in [1.165, 1.54) is 0 Å². The van der Waals surface area contributed by atoms with Crippen LogP contribution in [-0.4, -0.2) is 36.7 Å². The van der Waals surface area contributed by atoms with Crippen LogP contribution in [0.5, 0.6) is 0 Å². The Hall–Kier alpha value is -1.55. The van der Waals surface area contributed by atoms with Crippen molar-refractivity contribution in [3.8, 4) is 0 Å². The number of hydrogen-bond acceptors (Lipinski definition) is 3. The van der Waals surface area contributed by atoms with Gasteiger partial charge in [-0.25, -0.2) is 4.79 Å². The molecule has 3 rings (SSSR count). The summed E-state index contributed by atoms with van der Waals surface area (Å²) in [7, 11) is 0. The Balaban J connectivity index is 1.56. The average Bonchev–Trinajstić information content (AvgIpc) is 2.99. The van der Waals surface area contributed by atoms with Crippen molar-refractivity contribution in [2.45, 2.75) is 19.1 Å². The first-order valence-corrected chi connectivity index (χ1v) is 6.52. The number of nitrogens with one attached hydrogen (secondary N) is 1. The largest absolute Gasteiger partial charge is 0.445 e. The zero-order valence-corrected chi connectivity index (χ0v) is 10.3. The second-order valence-corrected chi connectivity index (χ2v) is 5.01. The average molecular weight is 246 g/mol. The maximum absolute atomic E-state index is 12.0. The molecule has 2 saturated heterocycles. The van der Waals surface area contributed by atoms with E-state index in [4.69, 9.17) is 4.74 Å². The minimum Gasteiger partial charge on any atom is -0.445 e. The highest BCUT2D eigenvalue weighted by Gasteiger charge is 2.40. The van der Waals surface area contributed by atoms with Gasteiger partial charge in [0.1, 0.15) is 6.61 Å². The smallest absolute Gasteiger partial charge is 0.410 e. The maximum Gasteiger partial charge on any atom is 0.410 e. The second kappa shape index (κ2) is 4.98. The monoisotopic (exact) mass is 246 g/mol. The number of ether oxygens (including phenoxy) is 1. The van der Waals surface area contributed by atoms with Crippen molar-refractivity contribution in [3.63, 3.8) is 0 Å². The summed E-state index contributed by atoms with van der Waals surface area (Å²) in [6, 6.07) is 10.1. The predicted molar refractivity (Wildman–Crippen MR) is 68.1 cm³/mol. The fourth-order valence-electron chi connectivity index (χ4n) is 2.88. The van der Waals surface area contributed by atoms with Crippen LogP contribution in [0, 0.1) is 5.92 Å². The molecule has 1 aromatic carbocycles. The van der Waals surface area contributed by atoms with E-state index in [0.29, 0.717) is 18.6 Å². The summed E-state index contributed by atoms with van der Waals surface area (Å²) >= 11 is 0. The molecule has 2 fully saturated rings. The summed E-state index contributed by atoms with van der Waals surface area (Å²) in [6.45, 7) is 3.14. The number of rotatable bonds is 2. The normalized spacial score (nSPS) is 26.1. The van der Waals surface area contributed by atoms with Crippen LogP contribution in [0.1, 0.15) is 12.0 Å². The van der Waals surface area contributed by atoms with Crippen LogP contribution in [0.2, 0.25) is 0 Å². The number of fused-ring (bicyclic) bond motifs is 1. The van der Waals surface area contributed by atoms with Crippen LogP contribution in [-0.2, 0) is 11.3 Å². The Morgan fingerprint density at radius 2 is 2.17 bits per heavy atom. The van der Waals surface area contributed by atoms with Crippen molar-refractivity contribution in [1.82, 2.24) is 10.2 Å². The van der Waals surface area contributed by atoms with Crippen molar-refractivity contribution >= 4 is 6.09 Å². The Labute approximate surface area is 107 Å². The summed E-state index contributed by atoms with van der Waals surface area (Å²) in [4.78, 5) is 13.9. The zero-order chi connectivity index (χ0) is 12.4. The highest BCUT2D eigenvalue weighted by Crippen LogP contribution is 2.27. The van der Waals surface area contributed by atoms with E-state index in [1.807, 2.05) is 35.2 Å². The van der Waals surface area contributed by atoms with E-state index in [2.05, 4.69) is 5.32 Å². The lowest BCUT2D eigenvalue weighted by Crippen LogP contribution is -2.39. The molecule has 4 nitrogen and oxygen atoms in total. The highest BCUT2D eigenvalue weighted by atomic mass is 16.6. The Morgan fingerprint density at radius 1 is 1.33 bits per heavy atom. The van der Waals surface area contributed by atoms with Crippen LogP contribution in [0.3, 0.4) is 0 Å². The first kappa shape index (κ1) is 11.5. The molecule has 0 aliphatic carbocycles. The van der Waals surface area contributed by atoms with Crippen molar-refractivity contribution in [2.24, 2.45) is 5.92 Å². The number of likely N-dealkylation sites (tertiary alicyclic amines) is 1. The van der Waals surface area contributed by atoms with E-state index >= 15 is 0 Å². The third-order valence-corrected chi connectivity index (χ3v) is 3.88. The third-order valence-electron chi connectivity index (χ3n) is 3.88. The van der Waals surface area contributed by atoms with Crippen LogP contribution in [0.15, 0.2) is 30.3 Å². The SMILES string of the molecule is O=C(OCc1ccccc1)N1CCC2CNCC21. The van der Waals surface area contributed by atoms with Gasteiger partial charge in [-0.2, -0.15) is 0 Å². The number of hydrogen-bond donors (Lipinski definition) is 1.